The van der Waals surface area contributed by atoms with Crippen molar-refractivity contribution in [3.8, 4) is 11.5 Å². The number of carbonyl (C=O) groups is 1. The molecule has 2 rings (SSSR count). The maximum atomic E-state index is 10.5. The van der Waals surface area contributed by atoms with Crippen LogP contribution in [0, 0.1) is 0 Å². The lowest BCUT2D eigenvalue weighted by Crippen LogP contribution is -2.00. The van der Waals surface area contributed by atoms with Gasteiger partial charge in [-0.05, 0) is 60.7 Å². The first-order valence-corrected chi connectivity index (χ1v) is 8.24. The smallest absolute Gasteiger partial charge is 0.308 e. The van der Waals surface area contributed by atoms with E-state index >= 15 is 0 Å². The van der Waals surface area contributed by atoms with E-state index in [1.807, 2.05) is 36.4 Å². The normalized spacial score (nSPS) is 9.27. The third kappa shape index (κ3) is 8.26. The summed E-state index contributed by atoms with van der Waals surface area (Å²) in [4.78, 5) is 10.5. The number of carbonyl (C=O) groups excluding carboxylic acids is 1. The van der Waals surface area contributed by atoms with E-state index in [4.69, 9.17) is 21.7 Å². The van der Waals surface area contributed by atoms with Gasteiger partial charge in [-0.2, -0.15) is 0 Å². The lowest BCUT2D eigenvalue weighted by molar-refractivity contribution is -0.131. The Bertz CT molecular complexity index is 567. The summed E-state index contributed by atoms with van der Waals surface area (Å²) in [5, 5.41) is 0.535. The monoisotopic (exact) mass is 444 g/mol. The minimum Gasteiger partial charge on any atom is -0.451 e. The molecule has 0 aromatic heterocycles. The molecule has 0 N–H and O–H groups in total. The number of halogens is 2. The molecule has 0 bridgehead atoms. The van der Waals surface area contributed by atoms with Crippen LogP contribution >= 0.6 is 44.1 Å². The minimum atomic E-state index is -0.299. The third-order valence-electron chi connectivity index (χ3n) is 2.15. The summed E-state index contributed by atoms with van der Waals surface area (Å²) in [7, 11) is 0. The second kappa shape index (κ2) is 9.71. The van der Waals surface area contributed by atoms with E-state index in [2.05, 4.69) is 31.9 Å². The number of rotatable bonds is 2. The van der Waals surface area contributed by atoms with E-state index in [1.54, 1.807) is 19.1 Å². The molecule has 0 amide bonds. The molecular weight excluding hydrogens is 432 g/mol. The largest absolute Gasteiger partial charge is 0.451 e. The molecule has 0 aliphatic heterocycles. The van der Waals surface area contributed by atoms with Crippen LogP contribution in [0.4, 0.5) is 0 Å². The standard InChI is InChI=1S/C8H7BrO2.C8H7BrOS/c1-6(10)11-8-4-2-7(9)3-5-8;1-6(11)10-8-4-2-7(9)3-5-8/h2*2-5H,1H3. The zero-order valence-electron chi connectivity index (χ0n) is 12.0. The van der Waals surface area contributed by atoms with Crippen LogP contribution in [0.15, 0.2) is 57.5 Å². The Morgan fingerprint density at radius 1 is 0.818 bits per heavy atom. The van der Waals surface area contributed by atoms with E-state index in [-0.39, 0.29) is 5.97 Å². The zero-order chi connectivity index (χ0) is 16.5. The molecule has 0 spiro atoms. The molecule has 0 radical (unpaired) electrons. The molecule has 0 atom stereocenters. The van der Waals surface area contributed by atoms with Gasteiger partial charge in [0, 0.05) is 22.8 Å². The van der Waals surface area contributed by atoms with Crippen molar-refractivity contribution >= 4 is 55.1 Å². The van der Waals surface area contributed by atoms with Crippen molar-refractivity contribution in [2.45, 2.75) is 13.8 Å². The van der Waals surface area contributed by atoms with Crippen LogP contribution in [0.3, 0.4) is 0 Å². The molecule has 116 valence electrons. The van der Waals surface area contributed by atoms with Crippen molar-refractivity contribution in [3.63, 3.8) is 0 Å². The first-order valence-electron chi connectivity index (χ1n) is 6.25. The van der Waals surface area contributed by atoms with Gasteiger partial charge in [0.15, 0.2) is 5.05 Å². The Morgan fingerprint density at radius 2 is 1.18 bits per heavy atom. The maximum Gasteiger partial charge on any atom is 0.308 e. The molecule has 0 saturated carbocycles. The molecule has 0 saturated heterocycles. The summed E-state index contributed by atoms with van der Waals surface area (Å²) in [5.74, 6) is 1.05. The van der Waals surface area contributed by atoms with Crippen LogP contribution in [-0.4, -0.2) is 11.0 Å². The number of hydrogen-bond acceptors (Lipinski definition) is 4. The van der Waals surface area contributed by atoms with Crippen molar-refractivity contribution in [1.29, 1.82) is 0 Å². The quantitative estimate of drug-likeness (QED) is 0.345. The van der Waals surface area contributed by atoms with Crippen molar-refractivity contribution in [2.75, 3.05) is 0 Å². The molecule has 6 heteroatoms. The van der Waals surface area contributed by atoms with Crippen molar-refractivity contribution < 1.29 is 14.3 Å². The molecule has 2 aromatic carbocycles. The van der Waals surface area contributed by atoms with Gasteiger partial charge < -0.3 is 9.47 Å². The third-order valence-corrected chi connectivity index (χ3v) is 3.29. The van der Waals surface area contributed by atoms with Crippen molar-refractivity contribution in [1.82, 2.24) is 0 Å². The van der Waals surface area contributed by atoms with Crippen molar-refractivity contribution in [3.05, 3.63) is 57.5 Å². The van der Waals surface area contributed by atoms with Crippen LogP contribution in [0.1, 0.15) is 13.8 Å². The number of ether oxygens (including phenoxy) is 2. The highest BCUT2D eigenvalue weighted by atomic mass is 79.9. The average molecular weight is 446 g/mol. The predicted molar refractivity (Wildman–Crippen MR) is 98.5 cm³/mol. The number of thiocarbonyl (C=S) groups is 1. The molecular formula is C16H14Br2O3S. The first-order chi connectivity index (χ1) is 10.4. The predicted octanol–water partition coefficient (Wildman–Crippen LogP) is 5.55. The highest BCUT2D eigenvalue weighted by Gasteiger charge is 1.95. The van der Waals surface area contributed by atoms with E-state index in [0.29, 0.717) is 10.8 Å². The Kier molecular flexibility index (Phi) is 8.30. The van der Waals surface area contributed by atoms with Crippen LogP contribution < -0.4 is 9.47 Å². The van der Waals surface area contributed by atoms with E-state index in [1.165, 1.54) is 6.92 Å². The Balaban J connectivity index is 0.000000220. The Morgan fingerprint density at radius 3 is 1.50 bits per heavy atom. The summed E-state index contributed by atoms with van der Waals surface area (Å²) >= 11 is 11.4. The highest BCUT2D eigenvalue weighted by Crippen LogP contribution is 2.16. The fourth-order valence-corrected chi connectivity index (χ4v) is 1.96. The topological polar surface area (TPSA) is 35.5 Å². The van der Waals surface area contributed by atoms with E-state index < -0.39 is 0 Å². The molecule has 2 aromatic rings. The molecule has 0 fully saturated rings. The molecule has 0 aliphatic rings. The molecule has 0 unspecified atom stereocenters. The second-order valence-corrected chi connectivity index (χ2v) is 6.50. The summed E-state index contributed by atoms with van der Waals surface area (Å²) in [6.45, 7) is 3.12. The van der Waals surface area contributed by atoms with Gasteiger partial charge >= 0.3 is 5.97 Å². The van der Waals surface area contributed by atoms with Crippen LogP contribution in [-0.2, 0) is 4.79 Å². The lowest BCUT2D eigenvalue weighted by atomic mass is 10.3. The van der Waals surface area contributed by atoms with Gasteiger partial charge in [0.25, 0.3) is 0 Å². The average Bonchev–Trinajstić information content (AvgIpc) is 2.44. The second-order valence-electron chi connectivity index (χ2n) is 4.10. The van der Waals surface area contributed by atoms with Gasteiger partial charge in [0.2, 0.25) is 0 Å². The van der Waals surface area contributed by atoms with Crippen LogP contribution in [0.25, 0.3) is 0 Å². The summed E-state index contributed by atoms with van der Waals surface area (Å²) < 4.78 is 12.0. The summed E-state index contributed by atoms with van der Waals surface area (Å²) in [6, 6.07) is 14.6. The zero-order valence-corrected chi connectivity index (χ0v) is 16.0. The van der Waals surface area contributed by atoms with Crippen LogP contribution in [0.5, 0.6) is 11.5 Å². The van der Waals surface area contributed by atoms with Gasteiger partial charge in [-0.1, -0.05) is 31.9 Å². The Labute approximate surface area is 151 Å². The number of benzene rings is 2. The van der Waals surface area contributed by atoms with E-state index in [0.717, 1.165) is 14.7 Å². The first kappa shape index (κ1) is 18.8. The lowest BCUT2D eigenvalue weighted by Gasteiger charge is -2.01. The molecule has 0 heterocycles. The SMILES string of the molecule is CC(=O)Oc1ccc(Br)cc1.CC(=S)Oc1ccc(Br)cc1. The Hall–Kier alpha value is -1.24. The molecule has 0 aliphatic carbocycles. The van der Waals surface area contributed by atoms with E-state index in [9.17, 15) is 4.79 Å². The number of esters is 1. The van der Waals surface area contributed by atoms with Gasteiger partial charge in [-0.15, -0.1) is 0 Å². The van der Waals surface area contributed by atoms with Gasteiger partial charge in [0.1, 0.15) is 11.5 Å². The van der Waals surface area contributed by atoms with Gasteiger partial charge in [-0.25, -0.2) is 0 Å². The fraction of sp³-hybridized carbons (Fsp3) is 0.125. The summed E-state index contributed by atoms with van der Waals surface area (Å²) in [5.41, 5.74) is 0. The highest BCUT2D eigenvalue weighted by molar-refractivity contribution is 9.10. The van der Waals surface area contributed by atoms with Crippen molar-refractivity contribution in [2.24, 2.45) is 0 Å². The van der Waals surface area contributed by atoms with Gasteiger partial charge in [-0.3, -0.25) is 4.79 Å². The number of hydrogen-bond donors (Lipinski definition) is 0. The van der Waals surface area contributed by atoms with Gasteiger partial charge in [0.05, 0.1) is 0 Å². The van der Waals surface area contributed by atoms with Crippen LogP contribution in [0.2, 0.25) is 0 Å². The molecule has 3 nitrogen and oxygen atoms in total. The minimum absolute atomic E-state index is 0.299. The summed E-state index contributed by atoms with van der Waals surface area (Å²) in [6.07, 6.45) is 0. The molecule has 22 heavy (non-hydrogen) atoms. The fourth-order valence-electron chi connectivity index (χ4n) is 1.34. The maximum absolute atomic E-state index is 10.5.